The molecular formula is C22H25BrN2. The molecular weight excluding hydrogens is 372 g/mol. The largest absolute Gasteiger partial charge is 0.303 e. The summed E-state index contributed by atoms with van der Waals surface area (Å²) in [6, 6.07) is 13.1. The van der Waals surface area contributed by atoms with Crippen molar-refractivity contribution in [3.63, 3.8) is 0 Å². The van der Waals surface area contributed by atoms with Crippen molar-refractivity contribution in [1.29, 1.82) is 0 Å². The molecule has 25 heavy (non-hydrogen) atoms. The second-order valence-electron chi connectivity index (χ2n) is 6.98. The normalized spacial score (nSPS) is 11.1. The molecule has 0 aliphatic carbocycles. The van der Waals surface area contributed by atoms with Crippen molar-refractivity contribution in [3.8, 4) is 5.82 Å². The number of aromatic nitrogens is 2. The van der Waals surface area contributed by atoms with Gasteiger partial charge in [0, 0.05) is 21.6 Å². The molecule has 0 aliphatic rings. The highest BCUT2D eigenvalue weighted by molar-refractivity contribution is 9.10. The zero-order chi connectivity index (χ0) is 18.1. The van der Waals surface area contributed by atoms with Crippen LogP contribution in [0.1, 0.15) is 39.3 Å². The Morgan fingerprint density at radius 1 is 0.840 bits per heavy atom. The Bertz CT molecular complexity index is 903. The maximum atomic E-state index is 4.94. The van der Waals surface area contributed by atoms with Crippen molar-refractivity contribution in [2.45, 2.75) is 47.5 Å². The summed E-state index contributed by atoms with van der Waals surface area (Å²) in [5, 5.41) is 0. The lowest BCUT2D eigenvalue weighted by Gasteiger charge is -2.13. The second-order valence-corrected chi connectivity index (χ2v) is 7.83. The van der Waals surface area contributed by atoms with Crippen LogP contribution in [0.15, 0.2) is 40.9 Å². The molecule has 2 aromatic heterocycles. The first-order valence-corrected chi connectivity index (χ1v) is 9.53. The van der Waals surface area contributed by atoms with E-state index in [9.17, 15) is 0 Å². The average Bonchev–Trinajstić information content (AvgIpc) is 2.87. The van der Waals surface area contributed by atoms with Crippen LogP contribution < -0.4 is 0 Å². The van der Waals surface area contributed by atoms with Gasteiger partial charge in [-0.2, -0.15) is 0 Å². The Hall–Kier alpha value is -1.87. The first kappa shape index (κ1) is 17.9. The van der Waals surface area contributed by atoms with E-state index in [1.54, 1.807) is 0 Å². The van der Waals surface area contributed by atoms with Gasteiger partial charge in [0.25, 0.3) is 0 Å². The van der Waals surface area contributed by atoms with Gasteiger partial charge in [0.15, 0.2) is 0 Å². The lowest BCUT2D eigenvalue weighted by Crippen LogP contribution is -2.06. The molecule has 0 amide bonds. The highest BCUT2D eigenvalue weighted by Gasteiger charge is 2.09. The number of hydrogen-bond donors (Lipinski definition) is 0. The summed E-state index contributed by atoms with van der Waals surface area (Å²) in [5.74, 6) is 1.03. The summed E-state index contributed by atoms with van der Waals surface area (Å²) in [6.45, 7) is 10.7. The summed E-state index contributed by atoms with van der Waals surface area (Å²) < 4.78 is 3.42. The van der Waals surface area contributed by atoms with E-state index >= 15 is 0 Å². The first-order valence-electron chi connectivity index (χ1n) is 8.73. The predicted octanol–water partition coefficient (Wildman–Crippen LogP) is 5.96. The van der Waals surface area contributed by atoms with Gasteiger partial charge in [0.05, 0.1) is 0 Å². The first-order chi connectivity index (χ1) is 11.8. The van der Waals surface area contributed by atoms with Crippen LogP contribution in [0.5, 0.6) is 0 Å². The van der Waals surface area contributed by atoms with Crippen LogP contribution in [0.25, 0.3) is 5.82 Å². The fraction of sp³-hybridized carbons (Fsp3) is 0.318. The lowest BCUT2D eigenvalue weighted by atomic mass is 10.00. The number of hydrogen-bond acceptors (Lipinski definition) is 1. The fourth-order valence-corrected chi connectivity index (χ4v) is 4.02. The smallest absolute Gasteiger partial charge is 0.137 e. The van der Waals surface area contributed by atoms with Crippen molar-refractivity contribution >= 4 is 15.9 Å². The minimum Gasteiger partial charge on any atom is -0.303 e. The number of aryl methyl sites for hydroxylation is 6. The highest BCUT2D eigenvalue weighted by atomic mass is 79.9. The number of halogens is 1. The Kier molecular flexibility index (Phi) is 5.14. The van der Waals surface area contributed by atoms with E-state index in [0.29, 0.717) is 0 Å². The molecule has 1 aromatic carbocycles. The van der Waals surface area contributed by atoms with Crippen LogP contribution >= 0.6 is 15.9 Å². The van der Waals surface area contributed by atoms with E-state index in [1.165, 1.54) is 38.1 Å². The highest BCUT2D eigenvalue weighted by Crippen LogP contribution is 2.24. The standard InChI is InChI=1S/C22H25BrN2/c1-14-10-19(18(5)21(23)12-14)8-9-20-11-15(2)13-22(24-20)25-16(3)6-7-17(25)4/h6-7,10-13H,8-9H2,1-5H3. The van der Waals surface area contributed by atoms with Crippen LogP contribution in [0.3, 0.4) is 0 Å². The van der Waals surface area contributed by atoms with Gasteiger partial charge in [-0.3, -0.25) is 0 Å². The van der Waals surface area contributed by atoms with E-state index in [0.717, 1.165) is 24.4 Å². The van der Waals surface area contributed by atoms with Crippen molar-refractivity contribution < 1.29 is 0 Å². The summed E-state index contributed by atoms with van der Waals surface area (Å²) in [4.78, 5) is 4.94. The molecule has 0 saturated heterocycles. The maximum Gasteiger partial charge on any atom is 0.137 e. The summed E-state index contributed by atoms with van der Waals surface area (Å²) in [7, 11) is 0. The molecule has 2 heterocycles. The lowest BCUT2D eigenvalue weighted by molar-refractivity contribution is 0.857. The molecule has 3 aromatic rings. The third-order valence-corrected chi connectivity index (χ3v) is 5.58. The molecule has 0 atom stereocenters. The average molecular weight is 397 g/mol. The summed E-state index contributed by atoms with van der Waals surface area (Å²) in [5.41, 5.74) is 8.87. The van der Waals surface area contributed by atoms with Gasteiger partial charge in [0.2, 0.25) is 0 Å². The molecule has 2 nitrogen and oxygen atoms in total. The van der Waals surface area contributed by atoms with Crippen molar-refractivity contribution in [3.05, 3.63) is 80.2 Å². The van der Waals surface area contributed by atoms with E-state index in [1.807, 2.05) is 0 Å². The van der Waals surface area contributed by atoms with Gasteiger partial charge in [-0.15, -0.1) is 0 Å². The Balaban J connectivity index is 1.90. The van der Waals surface area contributed by atoms with E-state index in [2.05, 4.69) is 91.5 Å². The van der Waals surface area contributed by atoms with Crippen LogP contribution in [0.4, 0.5) is 0 Å². The topological polar surface area (TPSA) is 17.8 Å². The molecule has 130 valence electrons. The van der Waals surface area contributed by atoms with Crippen molar-refractivity contribution in [2.24, 2.45) is 0 Å². The molecule has 0 unspecified atom stereocenters. The zero-order valence-corrected chi connectivity index (χ0v) is 17.2. The van der Waals surface area contributed by atoms with Gasteiger partial charge in [0.1, 0.15) is 5.82 Å². The van der Waals surface area contributed by atoms with Gasteiger partial charge >= 0.3 is 0 Å². The molecule has 0 radical (unpaired) electrons. The van der Waals surface area contributed by atoms with Gasteiger partial charge in [-0.05, 0) is 100 Å². The number of benzene rings is 1. The summed E-state index contributed by atoms with van der Waals surface area (Å²) >= 11 is 3.67. The number of pyridine rings is 1. The maximum absolute atomic E-state index is 4.94. The third-order valence-electron chi connectivity index (χ3n) is 4.76. The molecule has 0 bridgehead atoms. The van der Waals surface area contributed by atoms with Gasteiger partial charge in [-0.25, -0.2) is 4.98 Å². The number of nitrogens with zero attached hydrogens (tertiary/aromatic N) is 2. The molecule has 3 heteroatoms. The van der Waals surface area contributed by atoms with Crippen LogP contribution in [0.2, 0.25) is 0 Å². The van der Waals surface area contributed by atoms with Crippen LogP contribution in [-0.2, 0) is 12.8 Å². The molecule has 0 saturated carbocycles. The van der Waals surface area contributed by atoms with Crippen molar-refractivity contribution in [1.82, 2.24) is 9.55 Å². The minimum absolute atomic E-state index is 0.949. The number of rotatable bonds is 4. The quantitative estimate of drug-likeness (QED) is 0.531. The second kappa shape index (κ2) is 7.17. The van der Waals surface area contributed by atoms with Gasteiger partial charge < -0.3 is 4.57 Å². The third kappa shape index (κ3) is 3.87. The zero-order valence-electron chi connectivity index (χ0n) is 15.7. The molecule has 0 aliphatic heterocycles. The monoisotopic (exact) mass is 396 g/mol. The SMILES string of the molecule is Cc1cc(CCc2cc(C)cc(Br)c2C)nc(-n2c(C)ccc2C)c1. The molecule has 0 fully saturated rings. The van der Waals surface area contributed by atoms with Crippen molar-refractivity contribution in [2.75, 3.05) is 0 Å². The summed E-state index contributed by atoms with van der Waals surface area (Å²) in [6.07, 6.45) is 1.95. The van der Waals surface area contributed by atoms with Crippen LogP contribution in [0, 0.1) is 34.6 Å². The van der Waals surface area contributed by atoms with Crippen LogP contribution in [-0.4, -0.2) is 9.55 Å². The van der Waals surface area contributed by atoms with E-state index < -0.39 is 0 Å². The Morgan fingerprint density at radius 2 is 1.48 bits per heavy atom. The minimum atomic E-state index is 0.949. The molecule has 3 rings (SSSR count). The predicted molar refractivity (Wildman–Crippen MR) is 109 cm³/mol. The van der Waals surface area contributed by atoms with E-state index in [-0.39, 0.29) is 0 Å². The fourth-order valence-electron chi connectivity index (χ4n) is 3.40. The molecule has 0 N–H and O–H groups in total. The molecule has 0 spiro atoms. The Labute approximate surface area is 159 Å². The van der Waals surface area contributed by atoms with E-state index in [4.69, 9.17) is 4.98 Å². The van der Waals surface area contributed by atoms with Gasteiger partial charge in [-0.1, -0.05) is 22.0 Å². The Morgan fingerprint density at radius 3 is 2.16 bits per heavy atom.